The van der Waals surface area contributed by atoms with E-state index in [1.165, 1.54) is 16.3 Å². The Morgan fingerprint density at radius 2 is 1.67 bits per heavy atom. The molecule has 0 aromatic heterocycles. The number of nitrogens with two attached hydrogens (primary N) is 1. The molecule has 2 atom stereocenters. The normalized spacial score (nSPS) is 25.1. The zero-order valence-corrected chi connectivity index (χ0v) is 11.1. The molecule has 94 valence electrons. The second-order valence-electron chi connectivity index (χ2n) is 5.73. The van der Waals surface area contributed by atoms with Gasteiger partial charge in [-0.3, -0.25) is 0 Å². The molecule has 1 fully saturated rings. The highest BCUT2D eigenvalue weighted by atomic mass is 16.5. The average molecular weight is 241 g/mol. The molecule has 1 aliphatic rings. The number of ether oxygens (including phenoxy) is 1. The molecule has 1 saturated carbocycles. The van der Waals surface area contributed by atoms with Crippen molar-refractivity contribution in [2.45, 2.75) is 25.8 Å². The van der Waals surface area contributed by atoms with Crippen LogP contribution in [0.25, 0.3) is 10.8 Å². The molecule has 0 spiro atoms. The van der Waals surface area contributed by atoms with Crippen molar-refractivity contribution in [1.29, 1.82) is 0 Å². The lowest BCUT2D eigenvalue weighted by Gasteiger charge is -2.11. The molecule has 2 N–H and O–H groups in total. The Balaban J connectivity index is 2.21. The Bertz CT molecular complexity index is 603. The Hall–Kier alpha value is -1.54. The number of rotatable bonds is 2. The topological polar surface area (TPSA) is 35.2 Å². The van der Waals surface area contributed by atoms with Gasteiger partial charge in [0.2, 0.25) is 0 Å². The Kier molecular flexibility index (Phi) is 2.39. The SMILES string of the molecule is COc1ccc(C2C(N)C2(C)C)c2ccccc12. The smallest absolute Gasteiger partial charge is 0.126 e. The van der Waals surface area contributed by atoms with Gasteiger partial charge in [0.25, 0.3) is 0 Å². The van der Waals surface area contributed by atoms with E-state index in [-0.39, 0.29) is 11.5 Å². The van der Waals surface area contributed by atoms with E-state index < -0.39 is 0 Å². The summed E-state index contributed by atoms with van der Waals surface area (Å²) >= 11 is 0. The molecule has 0 saturated heterocycles. The van der Waals surface area contributed by atoms with E-state index in [1.807, 2.05) is 6.07 Å². The molecule has 0 bridgehead atoms. The predicted octanol–water partition coefficient (Wildman–Crippen LogP) is 3.30. The summed E-state index contributed by atoms with van der Waals surface area (Å²) in [6, 6.07) is 12.9. The van der Waals surface area contributed by atoms with Crippen molar-refractivity contribution in [1.82, 2.24) is 0 Å². The van der Waals surface area contributed by atoms with Crippen molar-refractivity contribution in [3.05, 3.63) is 42.0 Å². The van der Waals surface area contributed by atoms with Crippen LogP contribution in [0.15, 0.2) is 36.4 Å². The number of methoxy groups -OCH3 is 1. The molecule has 0 radical (unpaired) electrons. The Morgan fingerprint density at radius 3 is 2.22 bits per heavy atom. The van der Waals surface area contributed by atoms with Crippen LogP contribution in [0, 0.1) is 5.41 Å². The van der Waals surface area contributed by atoms with E-state index in [2.05, 4.69) is 44.2 Å². The first-order chi connectivity index (χ1) is 8.57. The summed E-state index contributed by atoms with van der Waals surface area (Å²) in [6.45, 7) is 4.47. The largest absolute Gasteiger partial charge is 0.496 e. The van der Waals surface area contributed by atoms with Crippen molar-refractivity contribution in [3.63, 3.8) is 0 Å². The van der Waals surface area contributed by atoms with E-state index >= 15 is 0 Å². The highest BCUT2D eigenvalue weighted by Gasteiger charge is 2.56. The highest BCUT2D eigenvalue weighted by Crippen LogP contribution is 2.58. The zero-order chi connectivity index (χ0) is 12.9. The third-order valence-electron chi connectivity index (χ3n) is 4.38. The highest BCUT2D eigenvalue weighted by molar-refractivity contribution is 5.92. The van der Waals surface area contributed by atoms with Crippen molar-refractivity contribution in [2.75, 3.05) is 7.11 Å². The summed E-state index contributed by atoms with van der Waals surface area (Å²) in [5.41, 5.74) is 7.76. The van der Waals surface area contributed by atoms with Crippen LogP contribution < -0.4 is 10.5 Å². The third-order valence-corrected chi connectivity index (χ3v) is 4.38. The molecule has 2 unspecified atom stereocenters. The van der Waals surface area contributed by atoms with Crippen molar-refractivity contribution in [3.8, 4) is 5.75 Å². The second kappa shape index (κ2) is 3.72. The summed E-state index contributed by atoms with van der Waals surface area (Å²) in [7, 11) is 1.72. The van der Waals surface area contributed by atoms with Crippen LogP contribution in [0.5, 0.6) is 5.75 Å². The number of hydrogen-bond acceptors (Lipinski definition) is 2. The lowest BCUT2D eigenvalue weighted by molar-refractivity contribution is 0.419. The van der Waals surface area contributed by atoms with Crippen molar-refractivity contribution < 1.29 is 4.74 Å². The van der Waals surface area contributed by atoms with E-state index in [1.54, 1.807) is 7.11 Å². The monoisotopic (exact) mass is 241 g/mol. The van der Waals surface area contributed by atoms with Gasteiger partial charge in [-0.05, 0) is 22.4 Å². The molecular formula is C16H19NO. The van der Waals surface area contributed by atoms with Gasteiger partial charge in [-0.1, -0.05) is 44.2 Å². The van der Waals surface area contributed by atoms with Crippen LogP contribution in [0.3, 0.4) is 0 Å². The Morgan fingerprint density at radius 1 is 1.06 bits per heavy atom. The molecule has 2 heteroatoms. The number of hydrogen-bond donors (Lipinski definition) is 1. The van der Waals surface area contributed by atoms with Crippen LogP contribution in [-0.2, 0) is 0 Å². The van der Waals surface area contributed by atoms with Gasteiger partial charge in [0.05, 0.1) is 7.11 Å². The van der Waals surface area contributed by atoms with Gasteiger partial charge in [-0.15, -0.1) is 0 Å². The first-order valence-electron chi connectivity index (χ1n) is 6.38. The minimum Gasteiger partial charge on any atom is -0.496 e. The van der Waals surface area contributed by atoms with Gasteiger partial charge in [-0.25, -0.2) is 0 Å². The predicted molar refractivity (Wildman–Crippen MR) is 75.0 cm³/mol. The summed E-state index contributed by atoms with van der Waals surface area (Å²) in [6.07, 6.45) is 0. The van der Waals surface area contributed by atoms with Crippen LogP contribution in [0.1, 0.15) is 25.3 Å². The van der Waals surface area contributed by atoms with Crippen molar-refractivity contribution >= 4 is 10.8 Å². The summed E-state index contributed by atoms with van der Waals surface area (Å²) in [5.74, 6) is 1.38. The summed E-state index contributed by atoms with van der Waals surface area (Å²) in [4.78, 5) is 0. The zero-order valence-electron chi connectivity index (χ0n) is 11.1. The van der Waals surface area contributed by atoms with E-state index in [4.69, 9.17) is 10.5 Å². The minimum absolute atomic E-state index is 0.206. The van der Waals surface area contributed by atoms with Gasteiger partial charge >= 0.3 is 0 Å². The van der Waals surface area contributed by atoms with Gasteiger partial charge in [0, 0.05) is 17.3 Å². The molecule has 0 aliphatic heterocycles. The molecular weight excluding hydrogens is 222 g/mol. The third kappa shape index (κ3) is 1.45. The molecule has 3 rings (SSSR count). The van der Waals surface area contributed by atoms with Crippen LogP contribution in [0.2, 0.25) is 0 Å². The fraction of sp³-hybridized carbons (Fsp3) is 0.375. The molecule has 18 heavy (non-hydrogen) atoms. The minimum atomic E-state index is 0.206. The molecule has 2 nitrogen and oxygen atoms in total. The van der Waals surface area contributed by atoms with Crippen molar-refractivity contribution in [2.24, 2.45) is 11.1 Å². The average Bonchev–Trinajstić information content (AvgIpc) is 2.87. The molecule has 2 aromatic rings. The van der Waals surface area contributed by atoms with E-state index in [9.17, 15) is 0 Å². The maximum absolute atomic E-state index is 6.21. The van der Waals surface area contributed by atoms with Gasteiger partial charge in [0.1, 0.15) is 5.75 Å². The second-order valence-corrected chi connectivity index (χ2v) is 5.73. The van der Waals surface area contributed by atoms with Crippen LogP contribution in [0.4, 0.5) is 0 Å². The fourth-order valence-corrected chi connectivity index (χ4v) is 3.02. The van der Waals surface area contributed by atoms with E-state index in [0.717, 1.165) is 5.75 Å². The van der Waals surface area contributed by atoms with Crippen LogP contribution in [-0.4, -0.2) is 13.2 Å². The van der Waals surface area contributed by atoms with E-state index in [0.29, 0.717) is 5.92 Å². The van der Waals surface area contributed by atoms with Gasteiger partial charge < -0.3 is 10.5 Å². The fourth-order valence-electron chi connectivity index (χ4n) is 3.02. The molecule has 0 heterocycles. The van der Waals surface area contributed by atoms with Crippen LogP contribution >= 0.6 is 0 Å². The molecule has 2 aromatic carbocycles. The quantitative estimate of drug-likeness (QED) is 0.875. The standard InChI is InChI=1S/C16H19NO/c1-16(2)14(15(16)17)12-8-9-13(18-3)11-7-5-4-6-10(11)12/h4-9,14-15H,17H2,1-3H3. The number of benzene rings is 2. The molecule has 1 aliphatic carbocycles. The lowest BCUT2D eigenvalue weighted by Crippen LogP contribution is -2.06. The number of fused-ring (bicyclic) bond motifs is 1. The van der Waals surface area contributed by atoms with Gasteiger partial charge in [-0.2, -0.15) is 0 Å². The summed E-state index contributed by atoms with van der Waals surface area (Å²) < 4.78 is 5.43. The maximum atomic E-state index is 6.21. The first kappa shape index (κ1) is 11.5. The molecule has 0 amide bonds. The lowest BCUT2D eigenvalue weighted by atomic mass is 9.96. The first-order valence-corrected chi connectivity index (χ1v) is 6.38. The van der Waals surface area contributed by atoms with Gasteiger partial charge in [0.15, 0.2) is 0 Å². The summed E-state index contributed by atoms with van der Waals surface area (Å²) in [5, 5.41) is 2.44. The maximum Gasteiger partial charge on any atom is 0.126 e. The Labute approximate surface area is 108 Å².